The van der Waals surface area contributed by atoms with Crippen LogP contribution in [0.15, 0.2) is 97.2 Å². The quantitative estimate of drug-likeness (QED) is 0.161. The van der Waals surface area contributed by atoms with Gasteiger partial charge in [-0.2, -0.15) is 0 Å². The van der Waals surface area contributed by atoms with Gasteiger partial charge in [0, 0.05) is 28.6 Å². The number of nitrogens with two attached hydrogens (primary N) is 1. The predicted octanol–water partition coefficient (Wildman–Crippen LogP) is 3.64. The molecule has 0 aliphatic heterocycles. The van der Waals surface area contributed by atoms with Crippen LogP contribution < -0.4 is 16.5 Å². The van der Waals surface area contributed by atoms with Gasteiger partial charge < -0.3 is 21.1 Å². The number of nitrogens with one attached hydrogen (secondary N) is 1. The van der Waals surface area contributed by atoms with E-state index in [1.807, 2.05) is 71.3 Å². The first kappa shape index (κ1) is 28.1. The molecule has 0 fully saturated rings. The Bertz CT molecular complexity index is 2100. The van der Waals surface area contributed by atoms with Crippen LogP contribution in [0.1, 0.15) is 44.3 Å². The second-order valence-electron chi connectivity index (χ2n) is 10.9. The van der Waals surface area contributed by atoms with Crippen molar-refractivity contribution in [2.75, 3.05) is 5.73 Å². The van der Waals surface area contributed by atoms with Gasteiger partial charge in [-0.25, -0.2) is 15.0 Å². The topological polar surface area (TPSA) is 156 Å². The molecule has 5 N–H and O–H groups in total. The van der Waals surface area contributed by atoms with Gasteiger partial charge in [-0.15, -0.1) is 0 Å². The lowest BCUT2D eigenvalue weighted by Gasteiger charge is -2.16. The molecule has 1 aliphatic carbocycles. The number of amides is 1. The van der Waals surface area contributed by atoms with Crippen LogP contribution in [0.3, 0.4) is 0 Å². The summed E-state index contributed by atoms with van der Waals surface area (Å²) in [5, 5.41) is 22.1. The summed E-state index contributed by atoms with van der Waals surface area (Å²) >= 11 is 0. The zero-order chi connectivity index (χ0) is 31.1. The second-order valence-corrected chi connectivity index (χ2v) is 10.9. The summed E-state index contributed by atoms with van der Waals surface area (Å²) in [5.41, 5.74) is 13.5. The number of pyridine rings is 2. The number of anilines is 1. The third-order valence-corrected chi connectivity index (χ3v) is 8.18. The zero-order valence-electron chi connectivity index (χ0n) is 24.0. The summed E-state index contributed by atoms with van der Waals surface area (Å²) in [4.78, 5) is 38.9. The van der Waals surface area contributed by atoms with Gasteiger partial charge in [0.05, 0.1) is 17.3 Å². The van der Waals surface area contributed by atoms with Crippen LogP contribution in [0.4, 0.5) is 5.82 Å². The largest absolute Gasteiger partial charge is 0.489 e. The van der Waals surface area contributed by atoms with Gasteiger partial charge in [0.1, 0.15) is 17.6 Å². The third kappa shape index (κ3) is 5.14. The van der Waals surface area contributed by atoms with Crippen molar-refractivity contribution in [3.8, 4) is 28.3 Å². The summed E-state index contributed by atoms with van der Waals surface area (Å²) in [6.07, 6.45) is 3.58. The fourth-order valence-corrected chi connectivity index (χ4v) is 5.95. The Morgan fingerprint density at radius 1 is 0.978 bits per heavy atom. The number of hydrogen-bond acceptors (Lipinski definition) is 8. The predicted molar refractivity (Wildman–Crippen MR) is 172 cm³/mol. The third-order valence-electron chi connectivity index (χ3n) is 8.18. The highest BCUT2D eigenvalue weighted by Crippen LogP contribution is 2.36. The molecule has 7 rings (SSSR count). The Hall–Kier alpha value is -5.65. The number of imidazole rings is 1. The van der Waals surface area contributed by atoms with Crippen molar-refractivity contribution in [2.24, 2.45) is 0 Å². The molecule has 0 saturated heterocycles. The van der Waals surface area contributed by atoms with Crippen LogP contribution in [0.25, 0.3) is 39.5 Å². The molecule has 3 aromatic heterocycles. The molecule has 6 aromatic rings. The average Bonchev–Trinajstić information content (AvgIpc) is 3.65. The minimum absolute atomic E-state index is 0.0464. The van der Waals surface area contributed by atoms with E-state index >= 15 is 0 Å². The number of rotatable bonds is 7. The highest BCUT2D eigenvalue weighted by Gasteiger charge is 2.27. The molecular weight excluding hydrogens is 567 g/mol. The summed E-state index contributed by atoms with van der Waals surface area (Å²) in [6, 6.07) is 27.7. The average molecular weight is 594 g/mol. The molecule has 1 amide bonds. The first-order valence-corrected chi connectivity index (χ1v) is 14.5. The van der Waals surface area contributed by atoms with E-state index in [0.29, 0.717) is 41.1 Å². The Kier molecular flexibility index (Phi) is 7.16. The lowest BCUT2D eigenvalue weighted by atomic mass is 9.77. The van der Waals surface area contributed by atoms with Crippen molar-refractivity contribution >= 4 is 41.8 Å². The molecule has 3 heterocycles. The highest BCUT2D eigenvalue weighted by atomic mass is 16.4. The Balaban J connectivity index is 1.26. The molecule has 0 bridgehead atoms. The first-order valence-electron chi connectivity index (χ1n) is 14.5. The Labute approximate surface area is 258 Å². The number of carbonyl (C=O) groups excluding carboxylic acids is 2. The van der Waals surface area contributed by atoms with E-state index in [1.165, 1.54) is 18.2 Å². The Morgan fingerprint density at radius 2 is 1.82 bits per heavy atom. The lowest BCUT2D eigenvalue weighted by Crippen LogP contribution is -2.34. The maximum absolute atomic E-state index is 13.2. The molecular formula is C34H27BN6O4. The van der Waals surface area contributed by atoms with Gasteiger partial charge in [0.25, 0.3) is 5.91 Å². The van der Waals surface area contributed by atoms with Gasteiger partial charge in [0.2, 0.25) is 0 Å². The molecule has 0 spiro atoms. The van der Waals surface area contributed by atoms with Crippen molar-refractivity contribution < 1.29 is 19.6 Å². The summed E-state index contributed by atoms with van der Waals surface area (Å²) in [5.74, 6) is 0.630. The fourth-order valence-electron chi connectivity index (χ4n) is 5.95. The van der Waals surface area contributed by atoms with Crippen LogP contribution in [-0.2, 0) is 6.42 Å². The van der Waals surface area contributed by atoms with E-state index in [-0.39, 0.29) is 28.5 Å². The van der Waals surface area contributed by atoms with Gasteiger partial charge in [0.15, 0.2) is 11.5 Å². The molecule has 0 saturated carbocycles. The van der Waals surface area contributed by atoms with Crippen molar-refractivity contribution in [1.82, 2.24) is 24.8 Å². The monoisotopic (exact) mass is 594 g/mol. The molecule has 11 heteroatoms. The molecule has 0 unspecified atom stereocenters. The van der Waals surface area contributed by atoms with E-state index in [9.17, 15) is 19.6 Å². The molecule has 1 aliphatic rings. The van der Waals surface area contributed by atoms with Crippen molar-refractivity contribution in [3.63, 3.8) is 0 Å². The number of aromatic nitrogens is 4. The summed E-state index contributed by atoms with van der Waals surface area (Å²) in [7, 11) is -1.80. The number of aldehydes is 1. The number of carbonyl (C=O) groups is 2. The smallest absolute Gasteiger partial charge is 0.423 e. The van der Waals surface area contributed by atoms with Crippen LogP contribution in [0.2, 0.25) is 0 Å². The van der Waals surface area contributed by atoms with Crippen molar-refractivity contribution in [3.05, 3.63) is 119 Å². The number of benzene rings is 3. The number of aryl methyl sites for hydroxylation is 1. The van der Waals surface area contributed by atoms with Crippen molar-refractivity contribution in [1.29, 1.82) is 0 Å². The highest BCUT2D eigenvalue weighted by molar-refractivity contribution is 6.60. The van der Waals surface area contributed by atoms with Crippen LogP contribution in [-0.4, -0.2) is 48.9 Å². The van der Waals surface area contributed by atoms with E-state index in [0.717, 1.165) is 34.5 Å². The fraction of sp³-hybridized carbons (Fsp3) is 0.0882. The molecule has 3 aromatic carbocycles. The number of nitrogen functional groups attached to an aromatic ring is 1. The Morgan fingerprint density at radius 3 is 2.60 bits per heavy atom. The molecule has 45 heavy (non-hydrogen) atoms. The van der Waals surface area contributed by atoms with Gasteiger partial charge in [-0.1, -0.05) is 42.5 Å². The van der Waals surface area contributed by atoms with Gasteiger partial charge in [-0.3, -0.25) is 14.2 Å². The number of nitrogens with zero attached hydrogens (tertiary/aromatic N) is 4. The van der Waals surface area contributed by atoms with Crippen LogP contribution >= 0.6 is 0 Å². The first-order chi connectivity index (χ1) is 21.9. The molecule has 0 radical (unpaired) electrons. The van der Waals surface area contributed by atoms with Gasteiger partial charge in [-0.05, 0) is 78.0 Å². The molecule has 10 nitrogen and oxygen atoms in total. The van der Waals surface area contributed by atoms with E-state index in [1.54, 1.807) is 6.20 Å². The van der Waals surface area contributed by atoms with Crippen LogP contribution in [0, 0.1) is 0 Å². The maximum Gasteiger partial charge on any atom is 0.489 e. The minimum Gasteiger partial charge on any atom is -0.423 e. The van der Waals surface area contributed by atoms with E-state index < -0.39 is 7.12 Å². The lowest BCUT2D eigenvalue weighted by molar-refractivity contribution is 0.0936. The SMILES string of the molecule is Nc1ncccc1-c1nc2ccc(-c3ccccc3)nc2n1-c1ccc2c(c1)CC[C@@H]2NC(=O)c1ccc(B(O)O)c(C=O)c1. The van der Waals surface area contributed by atoms with E-state index in [2.05, 4.69) is 16.4 Å². The summed E-state index contributed by atoms with van der Waals surface area (Å²) < 4.78 is 2.00. The standard InChI is InChI=1S/C34H27BN6O4/c36-31-26(7-4-16-37-31)32-39-30-15-14-28(20-5-2-1-3-6-20)38-33(30)41(32)24-10-11-25-21(18-24)9-13-29(25)40-34(43)22-8-12-27(35(44)45)23(17-22)19-42/h1-8,10-12,14-19,29,44-45H,9,13H2,(H2,36,37)(H,40,43)/t29-/m0/s1. The van der Waals surface area contributed by atoms with Crippen LogP contribution in [0.5, 0.6) is 0 Å². The van der Waals surface area contributed by atoms with E-state index in [4.69, 9.17) is 15.7 Å². The summed E-state index contributed by atoms with van der Waals surface area (Å²) in [6.45, 7) is 0. The normalized spacial score (nSPS) is 13.9. The van der Waals surface area contributed by atoms with Crippen molar-refractivity contribution in [2.45, 2.75) is 18.9 Å². The zero-order valence-corrected chi connectivity index (χ0v) is 24.0. The molecule has 220 valence electrons. The minimum atomic E-state index is -1.80. The van der Waals surface area contributed by atoms with Gasteiger partial charge >= 0.3 is 7.12 Å². The number of fused-ring (bicyclic) bond motifs is 2. The number of hydrogen-bond donors (Lipinski definition) is 4. The maximum atomic E-state index is 13.2. The molecule has 1 atom stereocenters. The second kappa shape index (κ2) is 11.5.